The van der Waals surface area contributed by atoms with Crippen LogP contribution in [0.2, 0.25) is 5.02 Å². The highest BCUT2D eigenvalue weighted by Gasteiger charge is 2.33. The zero-order valence-electron chi connectivity index (χ0n) is 10.1. The molecular weight excluding hydrogens is 324 g/mol. The highest BCUT2D eigenvalue weighted by atomic mass is 35.5. The monoisotopic (exact) mass is 334 g/mol. The topological polar surface area (TPSA) is 72.2 Å². The van der Waals surface area contributed by atoms with Gasteiger partial charge in [-0.3, -0.25) is 0 Å². The van der Waals surface area contributed by atoms with E-state index in [0.717, 1.165) is 19.1 Å². The van der Waals surface area contributed by atoms with Crippen molar-refractivity contribution in [1.29, 1.82) is 0 Å². The Morgan fingerprint density at radius 2 is 1.95 bits per heavy atom. The molecule has 0 amide bonds. The lowest BCUT2D eigenvalue weighted by Gasteiger charge is -2.16. The number of nitrogens with one attached hydrogen (secondary N) is 1. The molecule has 0 saturated heterocycles. The number of nitrogens with two attached hydrogens (primary N) is 1. The number of rotatable bonds is 4. The molecule has 3 N–H and O–H groups in total. The smallest absolute Gasteiger partial charge is 0.390 e. The van der Waals surface area contributed by atoms with Gasteiger partial charge in [-0.15, -0.1) is 0 Å². The Morgan fingerprint density at radius 1 is 1.40 bits per heavy atom. The molecule has 0 spiro atoms. The standard InChI is InChI=1S/C10H11ClF4N2O2S/c1-5(4-10(13,14)15)17-20(18,19)8-3-6(16)2-7(11)9(8)12/h2-3,5,17H,4,16H2,1H3. The highest BCUT2D eigenvalue weighted by molar-refractivity contribution is 7.89. The van der Waals surface area contributed by atoms with Crippen molar-refractivity contribution >= 4 is 27.3 Å². The predicted molar refractivity (Wildman–Crippen MR) is 66.3 cm³/mol. The summed E-state index contributed by atoms with van der Waals surface area (Å²) in [5.41, 5.74) is 5.21. The number of anilines is 1. The minimum absolute atomic E-state index is 0.125. The molecule has 20 heavy (non-hydrogen) atoms. The molecule has 1 atom stereocenters. The van der Waals surface area contributed by atoms with Gasteiger partial charge >= 0.3 is 6.18 Å². The largest absolute Gasteiger partial charge is 0.399 e. The van der Waals surface area contributed by atoms with Crippen molar-refractivity contribution in [2.75, 3.05) is 5.73 Å². The summed E-state index contributed by atoms with van der Waals surface area (Å²) < 4.78 is 75.4. The van der Waals surface area contributed by atoms with Crippen molar-refractivity contribution in [2.45, 2.75) is 30.5 Å². The van der Waals surface area contributed by atoms with E-state index in [-0.39, 0.29) is 5.69 Å². The van der Waals surface area contributed by atoms with Crippen LogP contribution in [0.25, 0.3) is 0 Å². The van der Waals surface area contributed by atoms with Crippen molar-refractivity contribution in [3.8, 4) is 0 Å². The average Bonchev–Trinajstić information content (AvgIpc) is 2.19. The summed E-state index contributed by atoms with van der Waals surface area (Å²) in [5, 5.41) is -0.533. The fraction of sp³-hybridized carbons (Fsp3) is 0.400. The molecular formula is C10H11ClF4N2O2S. The van der Waals surface area contributed by atoms with Gasteiger partial charge in [0, 0.05) is 11.7 Å². The third kappa shape index (κ3) is 4.50. The molecule has 0 saturated carbocycles. The molecule has 1 aromatic carbocycles. The molecule has 1 aromatic rings. The minimum atomic E-state index is -4.55. The van der Waals surface area contributed by atoms with Crippen molar-refractivity contribution in [2.24, 2.45) is 0 Å². The molecule has 1 rings (SSSR count). The first-order chi connectivity index (χ1) is 8.92. The molecule has 10 heteroatoms. The molecule has 0 aliphatic heterocycles. The van der Waals surface area contributed by atoms with Crippen LogP contribution < -0.4 is 10.5 Å². The number of hydrogen-bond acceptors (Lipinski definition) is 3. The first kappa shape index (κ1) is 17.0. The summed E-state index contributed by atoms with van der Waals surface area (Å²) in [6.45, 7) is 1.01. The minimum Gasteiger partial charge on any atom is -0.399 e. The van der Waals surface area contributed by atoms with Gasteiger partial charge in [0.25, 0.3) is 0 Å². The molecule has 0 bridgehead atoms. The number of hydrogen-bond donors (Lipinski definition) is 2. The van der Waals surface area contributed by atoms with Crippen LogP contribution in [0.15, 0.2) is 17.0 Å². The van der Waals surface area contributed by atoms with Gasteiger partial charge in [0.05, 0.1) is 11.4 Å². The highest BCUT2D eigenvalue weighted by Crippen LogP contribution is 2.27. The van der Waals surface area contributed by atoms with E-state index in [1.807, 2.05) is 0 Å². The second-order valence-corrected chi connectivity index (χ2v) is 6.25. The molecule has 0 aliphatic rings. The van der Waals surface area contributed by atoms with Crippen LogP contribution in [0.1, 0.15) is 13.3 Å². The van der Waals surface area contributed by atoms with Gasteiger partial charge in [0.2, 0.25) is 10.0 Å². The summed E-state index contributed by atoms with van der Waals surface area (Å²) in [7, 11) is -4.50. The summed E-state index contributed by atoms with van der Waals surface area (Å²) in [5.74, 6) is -1.27. The van der Waals surface area contributed by atoms with Gasteiger partial charge in [-0.05, 0) is 19.1 Å². The van der Waals surface area contributed by atoms with Crippen LogP contribution in [0.5, 0.6) is 0 Å². The maximum absolute atomic E-state index is 13.6. The normalized spacial score (nSPS) is 14.3. The Labute approximate surface area is 118 Å². The van der Waals surface area contributed by atoms with E-state index in [1.165, 1.54) is 0 Å². The predicted octanol–water partition coefficient (Wildman–Crippen LogP) is 2.68. The SMILES string of the molecule is CC(CC(F)(F)F)NS(=O)(=O)c1cc(N)cc(Cl)c1F. The molecule has 0 fully saturated rings. The Kier molecular flexibility index (Phi) is 4.88. The van der Waals surface area contributed by atoms with E-state index < -0.39 is 44.4 Å². The lowest BCUT2D eigenvalue weighted by atomic mass is 10.2. The second-order valence-electron chi connectivity index (χ2n) is 4.16. The van der Waals surface area contributed by atoms with E-state index in [9.17, 15) is 26.0 Å². The fourth-order valence-electron chi connectivity index (χ4n) is 1.50. The van der Waals surface area contributed by atoms with Crippen LogP contribution >= 0.6 is 11.6 Å². The molecule has 0 radical (unpaired) electrons. The van der Waals surface area contributed by atoms with Gasteiger partial charge in [-0.2, -0.15) is 13.2 Å². The van der Waals surface area contributed by atoms with Crippen LogP contribution in [-0.2, 0) is 10.0 Å². The van der Waals surface area contributed by atoms with Crippen molar-refractivity contribution in [3.63, 3.8) is 0 Å². The van der Waals surface area contributed by atoms with Crippen molar-refractivity contribution < 1.29 is 26.0 Å². The lowest BCUT2D eigenvalue weighted by molar-refractivity contribution is -0.137. The van der Waals surface area contributed by atoms with Gasteiger partial charge in [0.15, 0.2) is 5.82 Å². The van der Waals surface area contributed by atoms with E-state index in [1.54, 1.807) is 4.72 Å². The van der Waals surface area contributed by atoms with Crippen LogP contribution in [-0.4, -0.2) is 20.6 Å². The first-order valence-corrected chi connectivity index (χ1v) is 7.12. The van der Waals surface area contributed by atoms with Crippen molar-refractivity contribution in [1.82, 2.24) is 4.72 Å². The number of nitrogen functional groups attached to an aromatic ring is 1. The number of benzene rings is 1. The van der Waals surface area contributed by atoms with E-state index >= 15 is 0 Å². The van der Waals surface area contributed by atoms with Gasteiger partial charge < -0.3 is 5.73 Å². The van der Waals surface area contributed by atoms with Gasteiger partial charge in [-0.1, -0.05) is 11.6 Å². The van der Waals surface area contributed by atoms with E-state index in [2.05, 4.69) is 0 Å². The molecule has 1 unspecified atom stereocenters. The summed E-state index contributed by atoms with van der Waals surface area (Å²) >= 11 is 5.44. The molecule has 0 aliphatic carbocycles. The molecule has 114 valence electrons. The third-order valence-corrected chi connectivity index (χ3v) is 4.06. The first-order valence-electron chi connectivity index (χ1n) is 5.26. The van der Waals surface area contributed by atoms with E-state index in [0.29, 0.717) is 0 Å². The van der Waals surface area contributed by atoms with Crippen LogP contribution in [0, 0.1) is 5.82 Å². The molecule has 0 heterocycles. The van der Waals surface area contributed by atoms with Gasteiger partial charge in [0.1, 0.15) is 4.90 Å². The molecule has 4 nitrogen and oxygen atoms in total. The average molecular weight is 335 g/mol. The van der Waals surface area contributed by atoms with Gasteiger partial charge in [-0.25, -0.2) is 17.5 Å². The summed E-state index contributed by atoms with van der Waals surface area (Å²) in [6.07, 6.45) is -5.93. The molecule has 0 aromatic heterocycles. The number of alkyl halides is 3. The third-order valence-electron chi connectivity index (χ3n) is 2.20. The Balaban J connectivity index is 3.06. The maximum atomic E-state index is 13.6. The summed E-state index contributed by atoms with van der Waals surface area (Å²) in [4.78, 5) is -0.892. The maximum Gasteiger partial charge on any atom is 0.390 e. The Hall–Kier alpha value is -1.06. The lowest BCUT2D eigenvalue weighted by Crippen LogP contribution is -2.36. The Morgan fingerprint density at radius 3 is 2.45 bits per heavy atom. The van der Waals surface area contributed by atoms with Crippen LogP contribution in [0.4, 0.5) is 23.2 Å². The zero-order chi connectivity index (χ0) is 15.7. The second kappa shape index (κ2) is 5.74. The fourth-order valence-corrected chi connectivity index (χ4v) is 3.16. The van der Waals surface area contributed by atoms with E-state index in [4.69, 9.17) is 17.3 Å². The zero-order valence-corrected chi connectivity index (χ0v) is 11.7. The summed E-state index contributed by atoms with van der Waals surface area (Å²) in [6, 6.07) is 0.318. The number of halogens is 5. The van der Waals surface area contributed by atoms with Crippen molar-refractivity contribution in [3.05, 3.63) is 23.0 Å². The Bertz CT molecular complexity index is 604. The number of sulfonamides is 1. The van der Waals surface area contributed by atoms with Crippen LogP contribution in [0.3, 0.4) is 0 Å². The quantitative estimate of drug-likeness (QED) is 0.657.